The number of aromatic nitrogens is 1. The monoisotopic (exact) mass is 551 g/mol. The highest BCUT2D eigenvalue weighted by molar-refractivity contribution is 7.90. The number of amides is 1. The third kappa shape index (κ3) is 5.11. The molecule has 198 valence electrons. The quantitative estimate of drug-likeness (QED) is 0.367. The van der Waals surface area contributed by atoms with E-state index in [2.05, 4.69) is 5.32 Å². The van der Waals surface area contributed by atoms with E-state index in [9.17, 15) is 21.6 Å². The molecule has 1 aliphatic heterocycles. The van der Waals surface area contributed by atoms with E-state index in [0.29, 0.717) is 18.5 Å². The van der Waals surface area contributed by atoms with E-state index < -0.39 is 26.0 Å². The summed E-state index contributed by atoms with van der Waals surface area (Å²) < 4.78 is 56.8. The smallest absolute Gasteiger partial charge is 0.269 e. The zero-order valence-corrected chi connectivity index (χ0v) is 22.4. The summed E-state index contributed by atoms with van der Waals surface area (Å²) >= 11 is 0. The van der Waals surface area contributed by atoms with Gasteiger partial charge < -0.3 is 5.32 Å². The van der Waals surface area contributed by atoms with Gasteiger partial charge in [-0.15, -0.1) is 0 Å². The number of rotatable bonds is 7. The first-order valence-corrected chi connectivity index (χ1v) is 15.4. The number of nitrogens with one attached hydrogen (secondary N) is 1. The molecule has 0 atom stereocenters. The molecule has 1 N–H and O–H groups in total. The van der Waals surface area contributed by atoms with Gasteiger partial charge in [0.1, 0.15) is 5.69 Å². The van der Waals surface area contributed by atoms with E-state index in [4.69, 9.17) is 0 Å². The maximum Gasteiger partial charge on any atom is 0.269 e. The lowest BCUT2D eigenvalue weighted by Gasteiger charge is -2.20. The Hall–Kier alpha value is -3.47. The molecule has 1 aromatic heterocycles. The van der Waals surface area contributed by atoms with Crippen LogP contribution in [-0.4, -0.2) is 44.1 Å². The minimum absolute atomic E-state index is 0.0240. The zero-order valence-electron chi connectivity index (χ0n) is 20.8. The van der Waals surface area contributed by atoms with Gasteiger partial charge in [0.15, 0.2) is 0 Å². The first kappa shape index (κ1) is 26.1. The standard InChI is InChI=1S/C28H29N3O5S2/c32-28(29-21-22-11-5-3-6-12-22)27-20-23-19-25(37(33,34)30-17-9-1-2-10-18-30)15-16-26(23)31(27)38(35,36)24-13-7-4-8-14-24/h3-8,11-16,19-20H,1-2,9-10,17-18,21H2,(H,29,32). The lowest BCUT2D eigenvalue weighted by molar-refractivity contribution is 0.0945. The van der Waals surface area contributed by atoms with Crippen LogP contribution in [0.5, 0.6) is 0 Å². The molecule has 8 nitrogen and oxygen atoms in total. The predicted octanol–water partition coefficient (Wildman–Crippen LogP) is 4.37. The second kappa shape index (κ2) is 10.7. The van der Waals surface area contributed by atoms with Gasteiger partial charge in [-0.3, -0.25) is 4.79 Å². The van der Waals surface area contributed by atoms with Gasteiger partial charge in [-0.05, 0) is 54.8 Å². The number of nitrogens with zero attached hydrogens (tertiary/aromatic N) is 2. The van der Waals surface area contributed by atoms with Crippen LogP contribution in [0.1, 0.15) is 41.7 Å². The first-order chi connectivity index (χ1) is 18.3. The zero-order chi connectivity index (χ0) is 26.8. The molecule has 0 bridgehead atoms. The molecule has 3 aromatic carbocycles. The lowest BCUT2D eigenvalue weighted by atomic mass is 10.2. The van der Waals surface area contributed by atoms with Gasteiger partial charge in [-0.2, -0.15) is 4.31 Å². The van der Waals surface area contributed by atoms with Crippen molar-refractivity contribution in [3.63, 3.8) is 0 Å². The number of carbonyl (C=O) groups is 1. The molecule has 0 unspecified atom stereocenters. The van der Waals surface area contributed by atoms with Crippen LogP contribution < -0.4 is 5.32 Å². The molecule has 0 spiro atoms. The molecule has 4 aromatic rings. The molecule has 0 radical (unpaired) electrons. The summed E-state index contributed by atoms with van der Waals surface area (Å²) in [5, 5.41) is 3.15. The Labute approximate surface area is 223 Å². The molecule has 0 saturated carbocycles. The molecule has 1 fully saturated rings. The predicted molar refractivity (Wildman–Crippen MR) is 146 cm³/mol. The summed E-state index contributed by atoms with van der Waals surface area (Å²) in [5.74, 6) is -0.582. The molecule has 1 amide bonds. The third-order valence-electron chi connectivity index (χ3n) is 6.74. The van der Waals surface area contributed by atoms with Crippen molar-refractivity contribution in [3.8, 4) is 0 Å². The Morgan fingerprint density at radius 2 is 1.34 bits per heavy atom. The topological polar surface area (TPSA) is 106 Å². The normalized spacial score (nSPS) is 15.3. The van der Waals surface area contributed by atoms with Crippen LogP contribution in [0.3, 0.4) is 0 Å². The summed E-state index contributed by atoms with van der Waals surface area (Å²) in [6.45, 7) is 1.12. The maximum absolute atomic E-state index is 13.7. The van der Waals surface area contributed by atoms with Crippen LogP contribution in [0.4, 0.5) is 0 Å². The molecule has 0 aliphatic carbocycles. The molecule has 1 saturated heterocycles. The average Bonchev–Trinajstić information content (AvgIpc) is 3.11. The van der Waals surface area contributed by atoms with Gasteiger partial charge in [0, 0.05) is 25.0 Å². The number of sulfonamides is 1. The van der Waals surface area contributed by atoms with Crippen LogP contribution in [0.25, 0.3) is 10.9 Å². The summed E-state index contributed by atoms with van der Waals surface area (Å²) in [5.41, 5.74) is 0.998. The summed E-state index contributed by atoms with van der Waals surface area (Å²) in [6.07, 6.45) is 3.59. The number of hydrogen-bond donors (Lipinski definition) is 1. The molecule has 5 rings (SSSR count). The fourth-order valence-corrected chi connectivity index (χ4v) is 7.83. The maximum atomic E-state index is 13.7. The fraction of sp³-hybridized carbons (Fsp3) is 0.250. The van der Waals surface area contributed by atoms with Crippen molar-refractivity contribution in [3.05, 3.63) is 96.2 Å². The van der Waals surface area contributed by atoms with Crippen molar-refractivity contribution < 1.29 is 21.6 Å². The Kier molecular flexibility index (Phi) is 7.38. The summed E-state index contributed by atoms with van der Waals surface area (Å²) in [4.78, 5) is 13.4. The minimum atomic E-state index is -4.16. The van der Waals surface area contributed by atoms with Gasteiger partial charge in [-0.1, -0.05) is 61.4 Å². The number of benzene rings is 3. The second-order valence-electron chi connectivity index (χ2n) is 9.32. The van der Waals surface area contributed by atoms with Crippen molar-refractivity contribution >= 4 is 36.9 Å². The van der Waals surface area contributed by atoms with Crippen molar-refractivity contribution in [2.45, 2.75) is 42.0 Å². The van der Waals surface area contributed by atoms with Crippen LogP contribution in [-0.2, 0) is 26.6 Å². The fourth-order valence-electron chi connectivity index (χ4n) is 4.74. The van der Waals surface area contributed by atoms with E-state index in [1.807, 2.05) is 30.3 Å². The van der Waals surface area contributed by atoms with Crippen LogP contribution in [0, 0.1) is 0 Å². The Morgan fingerprint density at radius 1 is 0.711 bits per heavy atom. The molecular formula is C28H29N3O5S2. The largest absolute Gasteiger partial charge is 0.347 e. The number of fused-ring (bicyclic) bond motifs is 1. The van der Waals surface area contributed by atoms with E-state index in [0.717, 1.165) is 35.2 Å². The van der Waals surface area contributed by atoms with Crippen molar-refractivity contribution in [2.24, 2.45) is 0 Å². The van der Waals surface area contributed by atoms with E-state index in [1.165, 1.54) is 40.7 Å². The highest BCUT2D eigenvalue weighted by Gasteiger charge is 2.29. The molecule has 10 heteroatoms. The van der Waals surface area contributed by atoms with Gasteiger partial charge in [0.2, 0.25) is 10.0 Å². The first-order valence-electron chi connectivity index (χ1n) is 12.6. The van der Waals surface area contributed by atoms with Crippen molar-refractivity contribution in [1.82, 2.24) is 13.6 Å². The third-order valence-corrected chi connectivity index (χ3v) is 10.4. The Bertz CT molecular complexity index is 1660. The highest BCUT2D eigenvalue weighted by atomic mass is 32.2. The van der Waals surface area contributed by atoms with Gasteiger partial charge in [0.25, 0.3) is 15.9 Å². The van der Waals surface area contributed by atoms with Gasteiger partial charge in [0.05, 0.1) is 15.3 Å². The number of carbonyl (C=O) groups excluding carboxylic acids is 1. The average molecular weight is 552 g/mol. The van der Waals surface area contributed by atoms with Crippen molar-refractivity contribution in [2.75, 3.05) is 13.1 Å². The minimum Gasteiger partial charge on any atom is -0.347 e. The summed E-state index contributed by atoms with van der Waals surface area (Å²) in [6, 6.07) is 22.9. The van der Waals surface area contributed by atoms with E-state index in [-0.39, 0.29) is 27.5 Å². The number of hydrogen-bond acceptors (Lipinski definition) is 5. The van der Waals surface area contributed by atoms with Crippen molar-refractivity contribution in [1.29, 1.82) is 0 Å². The Morgan fingerprint density at radius 3 is 2.00 bits per heavy atom. The van der Waals surface area contributed by atoms with Gasteiger partial charge >= 0.3 is 0 Å². The van der Waals surface area contributed by atoms with Crippen LogP contribution >= 0.6 is 0 Å². The Balaban J connectivity index is 1.60. The molecule has 2 heterocycles. The summed E-state index contributed by atoms with van der Waals surface area (Å²) in [7, 11) is -7.92. The van der Waals surface area contributed by atoms with E-state index >= 15 is 0 Å². The van der Waals surface area contributed by atoms with Gasteiger partial charge in [-0.25, -0.2) is 20.8 Å². The molecule has 38 heavy (non-hydrogen) atoms. The molecular weight excluding hydrogens is 522 g/mol. The van der Waals surface area contributed by atoms with E-state index in [1.54, 1.807) is 18.2 Å². The van der Waals surface area contributed by atoms with Crippen LogP contribution in [0.15, 0.2) is 94.7 Å². The second-order valence-corrected chi connectivity index (χ2v) is 13.0. The SMILES string of the molecule is O=C(NCc1ccccc1)c1cc2cc(S(=O)(=O)N3CCCCCC3)ccc2n1S(=O)(=O)c1ccccc1. The lowest BCUT2D eigenvalue weighted by Crippen LogP contribution is -2.31. The molecule has 1 aliphatic rings. The highest BCUT2D eigenvalue weighted by Crippen LogP contribution is 2.29. The van der Waals surface area contributed by atoms with Crippen LogP contribution in [0.2, 0.25) is 0 Å².